The molecule has 0 saturated carbocycles. The van der Waals surface area contributed by atoms with E-state index in [1.165, 1.54) is 77.7 Å². The third-order valence-corrected chi connectivity index (χ3v) is 5.30. The van der Waals surface area contributed by atoms with Gasteiger partial charge in [-0.1, -0.05) is 97.8 Å². The topological polar surface area (TPSA) is 73.9 Å². The SMILES string of the molecule is CCCCCCCCCCCCCCCOC(=O)C(CC(C)C)NC(=O)OCCOC. The quantitative estimate of drug-likeness (QED) is 0.164. The van der Waals surface area contributed by atoms with Crippen LogP contribution in [0.3, 0.4) is 0 Å². The zero-order valence-electron chi connectivity index (χ0n) is 20.7. The van der Waals surface area contributed by atoms with E-state index in [0.717, 1.165) is 12.8 Å². The van der Waals surface area contributed by atoms with Crippen LogP contribution in [-0.4, -0.2) is 45.0 Å². The minimum atomic E-state index is -0.669. The second-order valence-electron chi connectivity index (χ2n) is 8.87. The number of nitrogens with one attached hydrogen (secondary N) is 1. The van der Waals surface area contributed by atoms with E-state index < -0.39 is 12.1 Å². The highest BCUT2D eigenvalue weighted by Crippen LogP contribution is 2.13. The zero-order valence-corrected chi connectivity index (χ0v) is 20.7. The van der Waals surface area contributed by atoms with Crippen molar-refractivity contribution < 1.29 is 23.8 Å². The predicted octanol–water partition coefficient (Wildman–Crippen LogP) is 6.41. The lowest BCUT2D eigenvalue weighted by molar-refractivity contribution is -0.146. The molecule has 0 fully saturated rings. The Bertz CT molecular complexity index is 428. The summed E-state index contributed by atoms with van der Waals surface area (Å²) in [4.78, 5) is 24.2. The van der Waals surface area contributed by atoms with Crippen LogP contribution in [0.25, 0.3) is 0 Å². The number of hydrogen-bond donors (Lipinski definition) is 1. The minimum absolute atomic E-state index is 0.157. The summed E-state index contributed by atoms with van der Waals surface area (Å²) in [5, 5.41) is 2.62. The largest absolute Gasteiger partial charge is 0.464 e. The fourth-order valence-electron chi connectivity index (χ4n) is 3.48. The molecule has 0 aromatic heterocycles. The molecule has 6 nitrogen and oxygen atoms in total. The van der Waals surface area contributed by atoms with Crippen molar-refractivity contribution in [2.45, 2.75) is 117 Å². The van der Waals surface area contributed by atoms with Gasteiger partial charge >= 0.3 is 12.1 Å². The van der Waals surface area contributed by atoms with Crippen LogP contribution < -0.4 is 5.32 Å². The Morgan fingerprint density at radius 2 is 1.23 bits per heavy atom. The number of ether oxygens (including phenoxy) is 3. The van der Waals surface area contributed by atoms with Crippen molar-refractivity contribution in [3.63, 3.8) is 0 Å². The number of hydrogen-bond acceptors (Lipinski definition) is 5. The lowest BCUT2D eigenvalue weighted by Gasteiger charge is -2.19. The summed E-state index contributed by atoms with van der Waals surface area (Å²) < 4.78 is 15.2. The summed E-state index contributed by atoms with van der Waals surface area (Å²) in [5.41, 5.74) is 0. The maximum absolute atomic E-state index is 12.3. The molecule has 1 amide bonds. The van der Waals surface area contributed by atoms with Crippen molar-refractivity contribution >= 4 is 12.1 Å². The summed E-state index contributed by atoms with van der Waals surface area (Å²) >= 11 is 0. The molecule has 1 N–H and O–H groups in total. The fourth-order valence-corrected chi connectivity index (χ4v) is 3.48. The van der Waals surface area contributed by atoms with E-state index in [1.54, 1.807) is 0 Å². The third kappa shape index (κ3) is 20.4. The number of esters is 1. The van der Waals surface area contributed by atoms with E-state index in [2.05, 4.69) is 12.2 Å². The van der Waals surface area contributed by atoms with Crippen LogP contribution in [-0.2, 0) is 19.0 Å². The maximum atomic E-state index is 12.3. The van der Waals surface area contributed by atoms with Gasteiger partial charge in [0.2, 0.25) is 0 Å². The Balaban J connectivity index is 3.75. The molecule has 31 heavy (non-hydrogen) atoms. The number of methoxy groups -OCH3 is 1. The minimum Gasteiger partial charge on any atom is -0.464 e. The Morgan fingerprint density at radius 3 is 1.71 bits per heavy atom. The Kier molecular flexibility index (Phi) is 21.0. The van der Waals surface area contributed by atoms with Crippen LogP contribution >= 0.6 is 0 Å². The zero-order chi connectivity index (χ0) is 23.2. The first-order valence-corrected chi connectivity index (χ1v) is 12.6. The number of carbonyl (C=O) groups excluding carboxylic acids is 2. The first-order valence-electron chi connectivity index (χ1n) is 12.6. The second kappa shape index (κ2) is 21.9. The molecule has 1 unspecified atom stereocenters. The van der Waals surface area contributed by atoms with Crippen molar-refractivity contribution in [3.8, 4) is 0 Å². The molecule has 0 saturated heterocycles. The van der Waals surface area contributed by atoms with Gasteiger partial charge < -0.3 is 19.5 Å². The highest BCUT2D eigenvalue weighted by Gasteiger charge is 2.24. The van der Waals surface area contributed by atoms with Crippen molar-refractivity contribution in [1.82, 2.24) is 5.32 Å². The van der Waals surface area contributed by atoms with Gasteiger partial charge in [-0.15, -0.1) is 0 Å². The molecule has 1 atom stereocenters. The van der Waals surface area contributed by atoms with Gasteiger partial charge in [0.15, 0.2) is 0 Å². The summed E-state index contributed by atoms with van der Waals surface area (Å²) in [6, 6.07) is -0.669. The van der Waals surface area contributed by atoms with Gasteiger partial charge in [-0.2, -0.15) is 0 Å². The number of carbonyl (C=O) groups is 2. The molecule has 6 heteroatoms. The van der Waals surface area contributed by atoms with Gasteiger partial charge in [0.1, 0.15) is 12.6 Å². The molecule has 0 rings (SSSR count). The van der Waals surface area contributed by atoms with Gasteiger partial charge in [0.05, 0.1) is 13.2 Å². The Hall–Kier alpha value is -1.30. The van der Waals surface area contributed by atoms with Gasteiger partial charge in [0, 0.05) is 7.11 Å². The number of amides is 1. The van der Waals surface area contributed by atoms with Gasteiger partial charge in [-0.3, -0.25) is 0 Å². The lowest BCUT2D eigenvalue weighted by atomic mass is 10.0. The van der Waals surface area contributed by atoms with Crippen molar-refractivity contribution in [1.29, 1.82) is 0 Å². The molecule has 0 aliphatic rings. The summed E-state index contributed by atoms with van der Waals surface area (Å²) in [7, 11) is 1.54. The highest BCUT2D eigenvalue weighted by atomic mass is 16.6. The van der Waals surface area contributed by atoms with Gasteiger partial charge in [0.25, 0.3) is 0 Å². The van der Waals surface area contributed by atoms with E-state index in [9.17, 15) is 9.59 Å². The average molecular weight is 444 g/mol. The average Bonchev–Trinajstić information content (AvgIpc) is 2.73. The Morgan fingerprint density at radius 1 is 0.710 bits per heavy atom. The molecule has 0 radical (unpaired) electrons. The highest BCUT2D eigenvalue weighted by molar-refractivity contribution is 5.81. The first-order chi connectivity index (χ1) is 15.0. The van der Waals surface area contributed by atoms with E-state index >= 15 is 0 Å². The smallest absolute Gasteiger partial charge is 0.407 e. The van der Waals surface area contributed by atoms with Gasteiger partial charge in [-0.05, 0) is 18.8 Å². The Labute approximate surface area is 191 Å². The lowest BCUT2D eigenvalue weighted by Crippen LogP contribution is -2.43. The monoisotopic (exact) mass is 443 g/mol. The molecular weight excluding hydrogens is 394 g/mol. The predicted molar refractivity (Wildman–Crippen MR) is 126 cm³/mol. The molecular formula is C25H49NO5. The molecule has 0 aromatic rings. The van der Waals surface area contributed by atoms with E-state index in [0.29, 0.717) is 19.6 Å². The molecule has 0 bridgehead atoms. The van der Waals surface area contributed by atoms with Crippen LogP contribution in [0.1, 0.15) is 111 Å². The standard InChI is InChI=1S/C25H49NO5/c1-5-6-7-8-9-10-11-12-13-14-15-16-17-18-30-24(27)23(21-22(2)3)26-25(28)31-20-19-29-4/h22-23H,5-21H2,1-4H3,(H,26,28). The van der Waals surface area contributed by atoms with E-state index in [1.807, 2.05) is 13.8 Å². The normalized spacial score (nSPS) is 12.0. The van der Waals surface area contributed by atoms with Crippen molar-refractivity contribution in [3.05, 3.63) is 0 Å². The number of alkyl carbamates (subject to hydrolysis) is 1. The van der Waals surface area contributed by atoms with Crippen LogP contribution in [0.5, 0.6) is 0 Å². The number of unbranched alkanes of at least 4 members (excludes halogenated alkanes) is 12. The molecule has 184 valence electrons. The first kappa shape index (κ1) is 29.7. The van der Waals surface area contributed by atoms with E-state index in [4.69, 9.17) is 14.2 Å². The number of rotatable bonds is 21. The van der Waals surface area contributed by atoms with Crippen LogP contribution in [0, 0.1) is 5.92 Å². The maximum Gasteiger partial charge on any atom is 0.407 e. The van der Waals surface area contributed by atoms with Crippen LogP contribution in [0.15, 0.2) is 0 Å². The second-order valence-corrected chi connectivity index (χ2v) is 8.87. The molecule has 0 aliphatic heterocycles. The van der Waals surface area contributed by atoms with Crippen molar-refractivity contribution in [2.24, 2.45) is 5.92 Å². The molecule has 0 spiro atoms. The third-order valence-electron chi connectivity index (χ3n) is 5.30. The van der Waals surface area contributed by atoms with Crippen LogP contribution in [0.4, 0.5) is 4.79 Å². The molecule has 0 aromatic carbocycles. The molecule has 0 aliphatic carbocycles. The summed E-state index contributed by atoms with van der Waals surface area (Å²) in [5.74, 6) is -0.121. The van der Waals surface area contributed by atoms with Crippen LogP contribution in [0.2, 0.25) is 0 Å². The molecule has 0 heterocycles. The van der Waals surface area contributed by atoms with E-state index in [-0.39, 0.29) is 18.5 Å². The van der Waals surface area contributed by atoms with Gasteiger partial charge in [-0.25, -0.2) is 9.59 Å². The fraction of sp³-hybridized carbons (Fsp3) is 0.920. The summed E-state index contributed by atoms with van der Waals surface area (Å²) in [6.07, 6.45) is 16.6. The summed E-state index contributed by atoms with van der Waals surface area (Å²) in [6.45, 7) is 7.16. The van der Waals surface area contributed by atoms with Crippen molar-refractivity contribution in [2.75, 3.05) is 26.9 Å².